The molecule has 3 rings (SSSR count). The Hall–Kier alpha value is -2.80. The third kappa shape index (κ3) is 4.19. The van der Waals surface area contributed by atoms with Crippen molar-refractivity contribution in [1.82, 2.24) is 15.2 Å². The summed E-state index contributed by atoms with van der Waals surface area (Å²) in [6, 6.07) is 8.56. The highest BCUT2D eigenvalue weighted by molar-refractivity contribution is 6.30. The summed E-state index contributed by atoms with van der Waals surface area (Å²) in [6.45, 7) is 0. The number of halogens is 3. The van der Waals surface area contributed by atoms with Crippen LogP contribution in [0, 0.1) is 11.6 Å². The average Bonchev–Trinajstić information content (AvgIpc) is 3.02. The number of nitrogens with zero attached hydrogens (tertiary/aromatic N) is 2. The number of H-pyrrole nitrogens is 1. The molecule has 0 atom stereocenters. The zero-order valence-corrected chi connectivity index (χ0v) is 13.6. The van der Waals surface area contributed by atoms with E-state index in [4.69, 9.17) is 11.6 Å². The Bertz CT molecular complexity index is 876. The van der Waals surface area contributed by atoms with E-state index in [2.05, 4.69) is 20.5 Å². The monoisotopic (exact) mass is 362 g/mol. The second kappa shape index (κ2) is 7.40. The summed E-state index contributed by atoms with van der Waals surface area (Å²) in [7, 11) is 0. The molecule has 5 nitrogen and oxygen atoms in total. The minimum absolute atomic E-state index is 0.116. The first-order valence-electron chi connectivity index (χ1n) is 7.42. The van der Waals surface area contributed by atoms with Crippen molar-refractivity contribution in [1.29, 1.82) is 0 Å². The van der Waals surface area contributed by atoms with Gasteiger partial charge in [-0.1, -0.05) is 23.7 Å². The van der Waals surface area contributed by atoms with Crippen molar-refractivity contribution >= 4 is 23.3 Å². The number of benzene rings is 1. The normalized spacial score (nSPS) is 10.7. The molecule has 0 aliphatic carbocycles. The summed E-state index contributed by atoms with van der Waals surface area (Å²) in [4.78, 5) is 15.4. The number of aryl methyl sites for hydroxylation is 1. The third-order valence-corrected chi connectivity index (χ3v) is 3.77. The van der Waals surface area contributed by atoms with Crippen LogP contribution < -0.4 is 5.32 Å². The van der Waals surface area contributed by atoms with Crippen molar-refractivity contribution in [2.75, 3.05) is 5.32 Å². The number of amides is 1. The van der Waals surface area contributed by atoms with Crippen LogP contribution >= 0.6 is 11.6 Å². The van der Waals surface area contributed by atoms with E-state index in [-0.39, 0.29) is 29.4 Å². The number of pyridine rings is 1. The molecule has 3 aromatic rings. The van der Waals surface area contributed by atoms with E-state index in [1.165, 1.54) is 6.07 Å². The van der Waals surface area contributed by atoms with Gasteiger partial charge < -0.3 is 5.32 Å². The molecule has 25 heavy (non-hydrogen) atoms. The van der Waals surface area contributed by atoms with Crippen molar-refractivity contribution in [2.24, 2.45) is 0 Å². The lowest BCUT2D eigenvalue weighted by Gasteiger charge is -2.02. The van der Waals surface area contributed by atoms with E-state index in [1.807, 2.05) is 12.1 Å². The molecule has 0 saturated heterocycles. The van der Waals surface area contributed by atoms with E-state index in [9.17, 15) is 13.6 Å². The van der Waals surface area contributed by atoms with Crippen LogP contribution in [0.25, 0.3) is 11.3 Å². The topological polar surface area (TPSA) is 70.7 Å². The predicted molar refractivity (Wildman–Crippen MR) is 90.1 cm³/mol. The highest BCUT2D eigenvalue weighted by Gasteiger charge is 2.15. The first kappa shape index (κ1) is 17.0. The number of aromatic amines is 1. The molecule has 0 spiro atoms. The fourth-order valence-electron chi connectivity index (χ4n) is 2.30. The molecule has 1 aromatic carbocycles. The summed E-state index contributed by atoms with van der Waals surface area (Å²) in [6.07, 6.45) is 2.59. The largest absolute Gasteiger partial charge is 0.309 e. The number of aromatic nitrogens is 3. The summed E-state index contributed by atoms with van der Waals surface area (Å²) in [5.41, 5.74) is 0.817. The van der Waals surface area contributed by atoms with Gasteiger partial charge in [-0.05, 0) is 24.1 Å². The molecule has 8 heteroatoms. The molecule has 0 aliphatic heterocycles. The van der Waals surface area contributed by atoms with Gasteiger partial charge in [0.25, 0.3) is 0 Å². The molecular weight excluding hydrogens is 350 g/mol. The Morgan fingerprint density at radius 3 is 2.52 bits per heavy atom. The lowest BCUT2D eigenvalue weighted by Crippen LogP contribution is -2.12. The Balaban J connectivity index is 1.63. The van der Waals surface area contributed by atoms with Crippen molar-refractivity contribution in [3.05, 3.63) is 64.9 Å². The predicted octanol–water partition coefficient (Wildman–Crippen LogP) is 3.97. The quantitative estimate of drug-likeness (QED) is 0.721. The number of hydrogen-bond donors (Lipinski definition) is 2. The highest BCUT2D eigenvalue weighted by atomic mass is 35.5. The number of carbonyl (C=O) groups is 1. The molecular formula is C17H13ClF2N4O. The summed E-state index contributed by atoms with van der Waals surface area (Å²) >= 11 is 5.81. The van der Waals surface area contributed by atoms with E-state index < -0.39 is 11.6 Å². The van der Waals surface area contributed by atoms with Gasteiger partial charge in [-0.2, -0.15) is 5.10 Å². The SMILES string of the molecule is O=C(CCc1ccc(Cl)cc1)Nc1cc(-c2c(F)cncc2F)[nH]n1. The van der Waals surface area contributed by atoms with Gasteiger partial charge in [-0.3, -0.25) is 14.9 Å². The fraction of sp³-hybridized carbons (Fsp3) is 0.118. The van der Waals surface area contributed by atoms with Crippen LogP contribution in [0.4, 0.5) is 14.6 Å². The molecule has 0 saturated carbocycles. The van der Waals surface area contributed by atoms with Crippen LogP contribution in [0.1, 0.15) is 12.0 Å². The van der Waals surface area contributed by atoms with E-state index in [1.54, 1.807) is 12.1 Å². The van der Waals surface area contributed by atoms with Gasteiger partial charge >= 0.3 is 0 Å². The third-order valence-electron chi connectivity index (χ3n) is 3.52. The van der Waals surface area contributed by atoms with Crippen molar-refractivity contribution < 1.29 is 13.6 Å². The van der Waals surface area contributed by atoms with Crippen LogP contribution in [0.5, 0.6) is 0 Å². The van der Waals surface area contributed by atoms with Crippen LogP contribution in [-0.4, -0.2) is 21.1 Å². The maximum absolute atomic E-state index is 13.7. The molecule has 0 radical (unpaired) electrons. The van der Waals surface area contributed by atoms with Gasteiger partial charge in [0.15, 0.2) is 17.5 Å². The van der Waals surface area contributed by atoms with E-state index in [0.717, 1.165) is 18.0 Å². The van der Waals surface area contributed by atoms with Gasteiger partial charge in [0.05, 0.1) is 23.7 Å². The summed E-state index contributed by atoms with van der Waals surface area (Å²) < 4.78 is 27.4. The van der Waals surface area contributed by atoms with Crippen LogP contribution in [0.3, 0.4) is 0 Å². The second-order valence-electron chi connectivity index (χ2n) is 5.32. The number of anilines is 1. The highest BCUT2D eigenvalue weighted by Crippen LogP contribution is 2.25. The van der Waals surface area contributed by atoms with E-state index >= 15 is 0 Å². The molecule has 0 aliphatic rings. The number of hydrogen-bond acceptors (Lipinski definition) is 3. The number of rotatable bonds is 5. The van der Waals surface area contributed by atoms with Crippen molar-refractivity contribution in [2.45, 2.75) is 12.8 Å². The van der Waals surface area contributed by atoms with Crippen molar-refractivity contribution in [3.8, 4) is 11.3 Å². The first-order chi connectivity index (χ1) is 12.0. The zero-order valence-electron chi connectivity index (χ0n) is 12.9. The fourth-order valence-corrected chi connectivity index (χ4v) is 2.42. The van der Waals surface area contributed by atoms with Crippen molar-refractivity contribution in [3.63, 3.8) is 0 Å². The van der Waals surface area contributed by atoms with Gasteiger partial charge in [0.2, 0.25) is 5.91 Å². The standard InChI is InChI=1S/C17H13ClF2N4O/c18-11-4-1-10(2-5-11)3-6-16(25)22-15-7-14(23-24-15)17-12(19)8-21-9-13(17)20/h1-2,4-5,7-9H,3,6H2,(H2,22,23,24,25). The Morgan fingerprint density at radius 2 is 1.84 bits per heavy atom. The lowest BCUT2D eigenvalue weighted by atomic mass is 10.1. The second-order valence-corrected chi connectivity index (χ2v) is 5.76. The molecule has 2 heterocycles. The number of carbonyl (C=O) groups excluding carboxylic acids is 1. The Labute approximate surface area is 147 Å². The molecule has 2 N–H and O–H groups in total. The van der Waals surface area contributed by atoms with Crippen LogP contribution in [-0.2, 0) is 11.2 Å². The summed E-state index contributed by atoms with van der Waals surface area (Å²) in [5, 5.41) is 9.57. The maximum Gasteiger partial charge on any atom is 0.225 e. The van der Waals surface area contributed by atoms with Crippen LogP contribution in [0.2, 0.25) is 5.02 Å². The molecule has 0 unspecified atom stereocenters. The Kier molecular flexibility index (Phi) is 5.04. The van der Waals surface area contributed by atoms with E-state index in [0.29, 0.717) is 11.4 Å². The lowest BCUT2D eigenvalue weighted by molar-refractivity contribution is -0.116. The molecule has 2 aromatic heterocycles. The van der Waals surface area contributed by atoms with Gasteiger partial charge in [0, 0.05) is 17.5 Å². The van der Waals surface area contributed by atoms with Gasteiger partial charge in [0.1, 0.15) is 0 Å². The minimum atomic E-state index is -0.815. The average molecular weight is 363 g/mol. The van der Waals surface area contributed by atoms with Gasteiger partial charge in [-0.15, -0.1) is 0 Å². The molecule has 1 amide bonds. The summed E-state index contributed by atoms with van der Waals surface area (Å²) in [5.74, 6) is -1.70. The Morgan fingerprint density at radius 1 is 1.16 bits per heavy atom. The smallest absolute Gasteiger partial charge is 0.225 e. The minimum Gasteiger partial charge on any atom is -0.309 e. The number of nitrogens with one attached hydrogen (secondary N) is 2. The first-order valence-corrected chi connectivity index (χ1v) is 7.80. The molecule has 0 bridgehead atoms. The van der Waals surface area contributed by atoms with Gasteiger partial charge in [-0.25, -0.2) is 8.78 Å². The maximum atomic E-state index is 13.7. The molecule has 128 valence electrons. The van der Waals surface area contributed by atoms with Crippen LogP contribution in [0.15, 0.2) is 42.7 Å². The molecule has 0 fully saturated rings. The zero-order chi connectivity index (χ0) is 17.8.